The van der Waals surface area contributed by atoms with E-state index in [0.29, 0.717) is 24.2 Å². The van der Waals surface area contributed by atoms with E-state index < -0.39 is 53.6 Å². The molecule has 4 unspecified atom stereocenters. The number of likely N-dealkylation sites (tertiary alicyclic amines) is 1. The predicted octanol–water partition coefficient (Wildman–Crippen LogP) is 2.72. The van der Waals surface area contributed by atoms with Crippen LogP contribution in [0.5, 0.6) is 5.75 Å². The molecule has 9 heteroatoms. The molecule has 2 heterocycles. The van der Waals surface area contributed by atoms with Crippen LogP contribution in [0, 0.1) is 11.8 Å². The Morgan fingerprint density at radius 1 is 1.03 bits per heavy atom. The number of imide groups is 1. The molecule has 2 aliphatic heterocycles. The predicted molar refractivity (Wildman–Crippen MR) is 125 cm³/mol. The maximum absolute atomic E-state index is 13.8. The number of ether oxygens (including phenoxy) is 1. The summed E-state index contributed by atoms with van der Waals surface area (Å²) in [5, 5.41) is 24.4. The van der Waals surface area contributed by atoms with Gasteiger partial charge in [-0.2, -0.15) is 0 Å². The van der Waals surface area contributed by atoms with Crippen molar-refractivity contribution >= 4 is 34.5 Å². The molecule has 2 aromatic carbocycles. The summed E-state index contributed by atoms with van der Waals surface area (Å²) in [7, 11) is 1.55. The highest BCUT2D eigenvalue weighted by Gasteiger charge is 2.69. The number of carboxylic acid groups (broad SMARTS) is 2. The Kier molecular flexibility index (Phi) is 5.75. The summed E-state index contributed by atoms with van der Waals surface area (Å²) in [6.45, 7) is 0. The first-order valence-corrected chi connectivity index (χ1v) is 12.0. The van der Waals surface area contributed by atoms with Gasteiger partial charge in [-0.15, -0.1) is 0 Å². The number of nitrogens with one attached hydrogen (secondary N) is 1. The van der Waals surface area contributed by atoms with E-state index in [1.54, 1.807) is 19.2 Å². The second-order valence-electron chi connectivity index (χ2n) is 9.71. The van der Waals surface area contributed by atoms with Gasteiger partial charge in [0, 0.05) is 17.5 Å². The lowest BCUT2D eigenvalue weighted by atomic mass is 9.77. The smallest absolute Gasteiger partial charge is 0.325 e. The Hall–Kier alpha value is -3.46. The molecule has 2 saturated heterocycles. The van der Waals surface area contributed by atoms with Crippen molar-refractivity contribution in [3.8, 4) is 5.75 Å². The molecule has 3 N–H and O–H groups in total. The number of fused-ring (bicyclic) bond motifs is 2. The number of methoxy groups -OCH3 is 1. The summed E-state index contributed by atoms with van der Waals surface area (Å²) in [5.74, 6) is -5.50. The lowest BCUT2D eigenvalue weighted by molar-refractivity contribution is -0.156. The molecule has 0 aromatic heterocycles. The van der Waals surface area contributed by atoms with Crippen LogP contribution in [-0.4, -0.2) is 57.6 Å². The average molecular weight is 481 g/mol. The number of hydrogen-bond acceptors (Lipinski definition) is 6. The monoisotopic (exact) mass is 480 g/mol. The fourth-order valence-corrected chi connectivity index (χ4v) is 6.41. The lowest BCUT2D eigenvalue weighted by Gasteiger charge is -2.34. The minimum Gasteiger partial charge on any atom is -0.496 e. The van der Waals surface area contributed by atoms with Gasteiger partial charge in [0.15, 0.2) is 0 Å². The summed E-state index contributed by atoms with van der Waals surface area (Å²) in [6, 6.07) is 9.76. The molecule has 2 aromatic rings. The molecule has 35 heavy (non-hydrogen) atoms. The molecule has 0 spiro atoms. The molecule has 5 rings (SSSR count). The summed E-state index contributed by atoms with van der Waals surface area (Å²) < 4.78 is 5.48. The summed E-state index contributed by atoms with van der Waals surface area (Å²) in [6.07, 6.45) is 3.35. The highest BCUT2D eigenvalue weighted by Crippen LogP contribution is 2.52. The van der Waals surface area contributed by atoms with Crippen LogP contribution in [0.2, 0.25) is 0 Å². The van der Waals surface area contributed by atoms with Gasteiger partial charge in [0.2, 0.25) is 11.8 Å². The first-order valence-electron chi connectivity index (χ1n) is 12.0. The number of carbonyl (C=O) groups excluding carboxylic acids is 2. The molecular formula is C26H28N2O7. The fraction of sp³-hybridized carbons (Fsp3) is 0.462. The van der Waals surface area contributed by atoms with E-state index in [1.807, 2.05) is 24.3 Å². The van der Waals surface area contributed by atoms with Crippen molar-refractivity contribution in [3.63, 3.8) is 0 Å². The van der Waals surface area contributed by atoms with Crippen LogP contribution in [0.15, 0.2) is 36.4 Å². The molecule has 1 aliphatic carbocycles. The maximum Gasteiger partial charge on any atom is 0.325 e. The standard InChI is InChI=1S/C26H28N2O7/c1-35-18-12-11-17(15-9-5-6-10-16(15)18)22-20-21(26(27-22,25(33)34)13-19(29)30)24(32)28(23(20)31)14-7-3-2-4-8-14/h5-6,9-12,14,20-22,27H,2-4,7-8,13H2,1H3,(H,29,30)(H,33,34). The summed E-state index contributed by atoms with van der Waals surface area (Å²) >= 11 is 0. The third-order valence-electron chi connectivity index (χ3n) is 7.91. The summed E-state index contributed by atoms with van der Waals surface area (Å²) in [4.78, 5) is 53.3. The number of carboxylic acids is 2. The van der Waals surface area contributed by atoms with Gasteiger partial charge in [0.05, 0.1) is 25.4 Å². The molecule has 0 radical (unpaired) electrons. The van der Waals surface area contributed by atoms with Gasteiger partial charge >= 0.3 is 11.9 Å². The number of benzene rings is 2. The van der Waals surface area contributed by atoms with Crippen molar-refractivity contribution in [2.24, 2.45) is 11.8 Å². The lowest BCUT2D eigenvalue weighted by Crippen LogP contribution is -2.57. The number of nitrogens with zero attached hydrogens (tertiary/aromatic N) is 1. The molecular weight excluding hydrogens is 452 g/mol. The zero-order chi connectivity index (χ0) is 24.9. The Balaban J connectivity index is 1.68. The first-order chi connectivity index (χ1) is 16.8. The Morgan fingerprint density at radius 3 is 2.34 bits per heavy atom. The Bertz CT molecular complexity index is 1220. The summed E-state index contributed by atoms with van der Waals surface area (Å²) in [5.41, 5.74) is -1.46. The molecule has 1 saturated carbocycles. The third kappa shape index (κ3) is 3.48. The van der Waals surface area contributed by atoms with Crippen molar-refractivity contribution in [1.29, 1.82) is 0 Å². The Labute approximate surface area is 202 Å². The van der Waals surface area contributed by atoms with Crippen molar-refractivity contribution in [1.82, 2.24) is 10.2 Å². The van der Waals surface area contributed by atoms with Gasteiger partial charge in [-0.3, -0.25) is 29.4 Å². The second-order valence-corrected chi connectivity index (χ2v) is 9.71. The quantitative estimate of drug-likeness (QED) is 0.538. The maximum atomic E-state index is 13.8. The van der Waals surface area contributed by atoms with Gasteiger partial charge in [0.1, 0.15) is 11.3 Å². The zero-order valence-corrected chi connectivity index (χ0v) is 19.4. The molecule has 3 fully saturated rings. The van der Waals surface area contributed by atoms with E-state index in [0.717, 1.165) is 30.0 Å². The topological polar surface area (TPSA) is 133 Å². The second kappa shape index (κ2) is 8.64. The van der Waals surface area contributed by atoms with Gasteiger partial charge in [-0.25, -0.2) is 0 Å². The molecule has 184 valence electrons. The van der Waals surface area contributed by atoms with Crippen molar-refractivity contribution in [2.45, 2.75) is 56.1 Å². The van der Waals surface area contributed by atoms with Crippen LogP contribution >= 0.6 is 0 Å². The largest absolute Gasteiger partial charge is 0.496 e. The van der Waals surface area contributed by atoms with Gasteiger partial charge in [-0.1, -0.05) is 49.6 Å². The first kappa shape index (κ1) is 23.3. The molecule has 9 nitrogen and oxygen atoms in total. The van der Waals surface area contributed by atoms with Crippen molar-refractivity contribution < 1.29 is 34.1 Å². The minimum absolute atomic E-state index is 0.279. The molecule has 3 aliphatic rings. The van der Waals surface area contributed by atoms with E-state index >= 15 is 0 Å². The van der Waals surface area contributed by atoms with E-state index in [9.17, 15) is 29.4 Å². The fourth-order valence-electron chi connectivity index (χ4n) is 6.41. The van der Waals surface area contributed by atoms with E-state index in [4.69, 9.17) is 4.74 Å². The van der Waals surface area contributed by atoms with Gasteiger partial charge in [-0.05, 0) is 29.9 Å². The van der Waals surface area contributed by atoms with Crippen LogP contribution in [0.3, 0.4) is 0 Å². The Morgan fingerprint density at radius 2 is 1.71 bits per heavy atom. The number of aliphatic carboxylic acids is 2. The average Bonchev–Trinajstić information content (AvgIpc) is 3.32. The zero-order valence-electron chi connectivity index (χ0n) is 19.4. The van der Waals surface area contributed by atoms with Crippen molar-refractivity contribution in [3.05, 3.63) is 42.0 Å². The number of hydrogen-bond donors (Lipinski definition) is 3. The van der Waals surface area contributed by atoms with Crippen LogP contribution in [0.1, 0.15) is 50.1 Å². The SMILES string of the molecule is COc1ccc(C2NC(CC(=O)O)(C(=O)O)C3C(=O)N(C4CCCCC4)C(=O)C23)c2ccccc12. The van der Waals surface area contributed by atoms with Crippen LogP contribution in [0.25, 0.3) is 10.8 Å². The number of amides is 2. The number of rotatable bonds is 6. The van der Waals surface area contributed by atoms with Gasteiger partial charge < -0.3 is 14.9 Å². The highest BCUT2D eigenvalue weighted by atomic mass is 16.5. The highest BCUT2D eigenvalue weighted by molar-refractivity contribution is 6.10. The van der Waals surface area contributed by atoms with Crippen LogP contribution in [-0.2, 0) is 19.2 Å². The molecule has 0 bridgehead atoms. The third-order valence-corrected chi connectivity index (χ3v) is 7.91. The van der Waals surface area contributed by atoms with Crippen LogP contribution < -0.4 is 10.1 Å². The number of carbonyl (C=O) groups is 4. The molecule has 2 amide bonds. The van der Waals surface area contributed by atoms with E-state index in [1.165, 1.54) is 4.90 Å². The van der Waals surface area contributed by atoms with E-state index in [2.05, 4.69) is 5.32 Å². The van der Waals surface area contributed by atoms with Crippen LogP contribution in [0.4, 0.5) is 0 Å². The van der Waals surface area contributed by atoms with E-state index in [-0.39, 0.29) is 6.04 Å². The normalized spacial score (nSPS) is 28.9. The van der Waals surface area contributed by atoms with Crippen molar-refractivity contribution in [2.75, 3.05) is 7.11 Å². The molecule has 4 atom stereocenters. The minimum atomic E-state index is -2.10. The van der Waals surface area contributed by atoms with Gasteiger partial charge in [0.25, 0.3) is 0 Å².